The minimum atomic E-state index is -0.749. The molecule has 1 amide bonds. The molecule has 0 aliphatic carbocycles. The molecule has 0 aliphatic heterocycles. The molecule has 0 bridgehead atoms. The molecule has 2 aromatic carbocycles. The highest BCUT2D eigenvalue weighted by Gasteiger charge is 2.10. The lowest BCUT2D eigenvalue weighted by atomic mass is 10.0. The fourth-order valence-electron chi connectivity index (χ4n) is 2.74. The summed E-state index contributed by atoms with van der Waals surface area (Å²) in [5, 5.41) is 20.1. The van der Waals surface area contributed by atoms with Crippen molar-refractivity contribution in [2.45, 2.75) is 38.5 Å². The number of hydrogen-bond acceptors (Lipinski definition) is 4. The van der Waals surface area contributed by atoms with Crippen LogP contribution in [-0.2, 0) is 11.2 Å². The Balaban J connectivity index is 1.68. The van der Waals surface area contributed by atoms with E-state index in [-0.39, 0.29) is 5.71 Å². The molecule has 0 atom stereocenters. The number of hydrogen-bond donors (Lipinski definition) is 3. The number of hydroxylamine groups is 1. The third kappa shape index (κ3) is 6.04. The Hall–Kier alpha value is -2.66. The molecule has 2 rings (SSSR count). The second-order valence-corrected chi connectivity index (χ2v) is 5.96. The molecule has 5 heteroatoms. The maximum Gasteiger partial charge on any atom is 0.292 e. The molecule has 0 aliphatic rings. The fourth-order valence-corrected chi connectivity index (χ4v) is 2.74. The highest BCUT2D eigenvalue weighted by Crippen LogP contribution is 2.20. The van der Waals surface area contributed by atoms with Gasteiger partial charge in [0, 0.05) is 0 Å². The molecule has 0 aromatic heterocycles. The lowest BCUT2D eigenvalue weighted by Gasteiger charge is -2.05. The lowest BCUT2D eigenvalue weighted by molar-refractivity contribution is -0.122. The SMILES string of the molecule is O=C(NO)/C(CCCCCCc1ccc(-c2ccccc2)cc1)=N\O. The predicted octanol–water partition coefficient (Wildman–Crippen LogP) is 4.18. The van der Waals surface area contributed by atoms with Crippen molar-refractivity contribution < 1.29 is 15.2 Å². The first-order valence-corrected chi connectivity index (χ1v) is 8.54. The molecule has 132 valence electrons. The van der Waals surface area contributed by atoms with Gasteiger partial charge in [-0.3, -0.25) is 10.0 Å². The van der Waals surface area contributed by atoms with E-state index in [1.807, 2.05) is 18.2 Å². The number of carbonyl (C=O) groups excluding carboxylic acids is 1. The summed E-state index contributed by atoms with van der Waals surface area (Å²) >= 11 is 0. The number of amides is 1. The highest BCUT2D eigenvalue weighted by atomic mass is 16.5. The van der Waals surface area contributed by atoms with Crippen molar-refractivity contribution in [2.24, 2.45) is 5.16 Å². The van der Waals surface area contributed by atoms with E-state index in [1.54, 1.807) is 0 Å². The normalized spacial score (nSPS) is 11.3. The van der Waals surface area contributed by atoms with E-state index in [2.05, 4.69) is 41.6 Å². The summed E-state index contributed by atoms with van der Waals surface area (Å²) in [5.41, 5.74) is 5.20. The van der Waals surface area contributed by atoms with Crippen LogP contribution in [0.3, 0.4) is 0 Å². The van der Waals surface area contributed by atoms with Crippen LogP contribution in [-0.4, -0.2) is 22.0 Å². The Kier molecular flexibility index (Phi) is 7.66. The minimum Gasteiger partial charge on any atom is -0.410 e. The molecule has 0 spiro atoms. The number of nitrogens with zero attached hydrogens (tertiary/aromatic N) is 1. The van der Waals surface area contributed by atoms with Gasteiger partial charge >= 0.3 is 0 Å². The molecular weight excluding hydrogens is 316 g/mol. The van der Waals surface area contributed by atoms with Crippen LogP contribution in [0.2, 0.25) is 0 Å². The quantitative estimate of drug-likeness (QED) is 0.210. The van der Waals surface area contributed by atoms with Crippen LogP contribution in [0.1, 0.15) is 37.7 Å². The lowest BCUT2D eigenvalue weighted by Crippen LogP contribution is -2.28. The first-order valence-electron chi connectivity index (χ1n) is 8.54. The van der Waals surface area contributed by atoms with Crippen molar-refractivity contribution in [3.63, 3.8) is 0 Å². The zero-order valence-electron chi connectivity index (χ0n) is 14.2. The summed E-state index contributed by atoms with van der Waals surface area (Å²) in [6.45, 7) is 0. The topological polar surface area (TPSA) is 81.9 Å². The van der Waals surface area contributed by atoms with E-state index in [0.717, 1.165) is 32.1 Å². The van der Waals surface area contributed by atoms with Gasteiger partial charge in [0.2, 0.25) is 0 Å². The predicted molar refractivity (Wildman–Crippen MR) is 97.8 cm³/mol. The zero-order chi connectivity index (χ0) is 17.9. The Bertz CT molecular complexity index is 682. The second kappa shape index (κ2) is 10.3. The Morgan fingerprint density at radius 1 is 0.880 bits per heavy atom. The largest absolute Gasteiger partial charge is 0.410 e. The summed E-state index contributed by atoms with van der Waals surface area (Å²) in [7, 11) is 0. The van der Waals surface area contributed by atoms with Gasteiger partial charge in [0.05, 0.1) is 0 Å². The first kappa shape index (κ1) is 18.7. The van der Waals surface area contributed by atoms with Gasteiger partial charge in [0.25, 0.3) is 5.91 Å². The number of nitrogens with one attached hydrogen (secondary N) is 1. The van der Waals surface area contributed by atoms with Crippen LogP contribution >= 0.6 is 0 Å². The number of rotatable bonds is 9. The Labute approximate surface area is 148 Å². The summed E-state index contributed by atoms with van der Waals surface area (Å²) in [5.74, 6) is -0.749. The number of benzene rings is 2. The van der Waals surface area contributed by atoms with Crippen molar-refractivity contribution >= 4 is 11.6 Å². The smallest absolute Gasteiger partial charge is 0.292 e. The molecule has 0 unspecified atom stereocenters. The third-order valence-corrected chi connectivity index (χ3v) is 4.17. The standard InChI is InChI=1S/C20H24N2O3/c23-20(22-25)19(21-24)11-7-2-1-4-8-16-12-14-18(15-13-16)17-9-5-3-6-10-17/h3,5-6,9-10,12-15,24-25H,1-2,4,7-8,11H2,(H,22,23)/b21-19-. The summed E-state index contributed by atoms with van der Waals surface area (Å²) in [6.07, 6.45) is 5.18. The van der Waals surface area contributed by atoms with E-state index < -0.39 is 5.91 Å². The molecule has 0 heterocycles. The van der Waals surface area contributed by atoms with Gasteiger partial charge in [-0.15, -0.1) is 0 Å². The molecule has 0 radical (unpaired) electrons. The van der Waals surface area contributed by atoms with Crippen molar-refractivity contribution in [1.82, 2.24) is 5.48 Å². The Morgan fingerprint density at radius 2 is 1.52 bits per heavy atom. The van der Waals surface area contributed by atoms with Crippen molar-refractivity contribution in [3.8, 4) is 11.1 Å². The van der Waals surface area contributed by atoms with Crippen LogP contribution in [0.4, 0.5) is 0 Å². The number of unbranched alkanes of at least 4 members (excludes halogenated alkanes) is 3. The molecule has 3 N–H and O–H groups in total. The Morgan fingerprint density at radius 3 is 2.16 bits per heavy atom. The number of carbonyl (C=O) groups is 1. The van der Waals surface area contributed by atoms with Gasteiger partial charge in [-0.1, -0.05) is 72.6 Å². The van der Waals surface area contributed by atoms with Crippen LogP contribution in [0.25, 0.3) is 11.1 Å². The fraction of sp³-hybridized carbons (Fsp3) is 0.300. The van der Waals surface area contributed by atoms with Gasteiger partial charge in [-0.2, -0.15) is 0 Å². The first-order chi connectivity index (χ1) is 12.2. The van der Waals surface area contributed by atoms with Gasteiger partial charge in [0.1, 0.15) is 5.71 Å². The average Bonchev–Trinajstić information content (AvgIpc) is 2.68. The molecule has 0 saturated heterocycles. The van der Waals surface area contributed by atoms with Gasteiger partial charge in [-0.05, 0) is 42.4 Å². The molecule has 25 heavy (non-hydrogen) atoms. The zero-order valence-corrected chi connectivity index (χ0v) is 14.2. The molecule has 0 fully saturated rings. The number of aryl methyl sites for hydroxylation is 1. The van der Waals surface area contributed by atoms with E-state index in [4.69, 9.17) is 10.4 Å². The van der Waals surface area contributed by atoms with Gasteiger partial charge in [0.15, 0.2) is 0 Å². The van der Waals surface area contributed by atoms with E-state index in [9.17, 15) is 4.79 Å². The molecule has 5 nitrogen and oxygen atoms in total. The maximum absolute atomic E-state index is 11.1. The van der Waals surface area contributed by atoms with Crippen LogP contribution in [0.5, 0.6) is 0 Å². The van der Waals surface area contributed by atoms with Crippen LogP contribution < -0.4 is 5.48 Å². The third-order valence-electron chi connectivity index (χ3n) is 4.17. The average molecular weight is 340 g/mol. The minimum absolute atomic E-state index is 0.0426. The van der Waals surface area contributed by atoms with Crippen molar-refractivity contribution in [3.05, 3.63) is 60.2 Å². The number of oxime groups is 1. The second-order valence-electron chi connectivity index (χ2n) is 5.96. The van der Waals surface area contributed by atoms with Crippen LogP contribution in [0.15, 0.2) is 59.8 Å². The van der Waals surface area contributed by atoms with Crippen LogP contribution in [0, 0.1) is 0 Å². The molecule has 0 saturated carbocycles. The molecule has 2 aromatic rings. The van der Waals surface area contributed by atoms with E-state index in [1.165, 1.54) is 22.2 Å². The summed E-state index contributed by atoms with van der Waals surface area (Å²) in [4.78, 5) is 11.1. The van der Waals surface area contributed by atoms with E-state index in [0.29, 0.717) is 6.42 Å². The summed E-state index contributed by atoms with van der Waals surface area (Å²) < 4.78 is 0. The van der Waals surface area contributed by atoms with Gasteiger partial charge in [-0.25, -0.2) is 5.48 Å². The summed E-state index contributed by atoms with van der Waals surface area (Å²) in [6, 6.07) is 19.0. The maximum atomic E-state index is 11.1. The molecular formula is C20H24N2O3. The van der Waals surface area contributed by atoms with E-state index >= 15 is 0 Å². The van der Waals surface area contributed by atoms with Crippen molar-refractivity contribution in [1.29, 1.82) is 0 Å². The van der Waals surface area contributed by atoms with Gasteiger partial charge < -0.3 is 5.21 Å². The highest BCUT2D eigenvalue weighted by molar-refractivity contribution is 6.38. The van der Waals surface area contributed by atoms with Crippen molar-refractivity contribution in [2.75, 3.05) is 0 Å². The monoisotopic (exact) mass is 340 g/mol.